The van der Waals surface area contributed by atoms with Gasteiger partial charge in [0.25, 0.3) is 0 Å². The molecule has 0 N–H and O–H groups in total. The largest absolute Gasteiger partial charge is 0.464 e. The average molecular weight is 292 g/mol. The lowest BCUT2D eigenvalue weighted by atomic mass is 10.1. The first-order chi connectivity index (χ1) is 10.1. The molecule has 0 aromatic carbocycles. The Balaban J connectivity index is 1.98. The third-order valence-corrected chi connectivity index (χ3v) is 3.41. The number of nitrogens with zero attached hydrogens (tertiary/aromatic N) is 4. The number of piperazine rings is 1. The van der Waals surface area contributed by atoms with Gasteiger partial charge in [0.15, 0.2) is 11.8 Å². The first-order valence-corrected chi connectivity index (χ1v) is 7.06. The molecule has 2 rings (SSSR count). The molecule has 0 aliphatic carbocycles. The molecule has 1 saturated heterocycles. The normalized spacial score (nSPS) is 17.3. The highest BCUT2D eigenvalue weighted by Crippen LogP contribution is 2.13. The number of anilines is 1. The van der Waals surface area contributed by atoms with Gasteiger partial charge in [0.05, 0.1) is 6.61 Å². The number of ether oxygens (including phenoxy) is 1. The van der Waals surface area contributed by atoms with Crippen molar-refractivity contribution in [2.45, 2.75) is 19.9 Å². The van der Waals surface area contributed by atoms with Crippen LogP contribution < -0.4 is 4.90 Å². The highest BCUT2D eigenvalue weighted by Gasteiger charge is 2.33. The molecule has 0 amide bonds. The Kier molecular flexibility index (Phi) is 5.21. The van der Waals surface area contributed by atoms with E-state index in [1.807, 2.05) is 9.80 Å². The molecule has 1 unspecified atom stereocenters. The number of hydrogen-bond donors (Lipinski definition) is 0. The molecule has 1 aliphatic rings. The second-order valence-electron chi connectivity index (χ2n) is 4.84. The van der Waals surface area contributed by atoms with E-state index in [0.717, 1.165) is 0 Å². The van der Waals surface area contributed by atoms with E-state index in [4.69, 9.17) is 4.74 Å². The van der Waals surface area contributed by atoms with E-state index in [1.54, 1.807) is 25.4 Å². The summed E-state index contributed by atoms with van der Waals surface area (Å²) in [5.74, 6) is 0.0277. The third kappa shape index (κ3) is 3.75. The van der Waals surface area contributed by atoms with Gasteiger partial charge >= 0.3 is 5.97 Å². The highest BCUT2D eigenvalue weighted by molar-refractivity contribution is 6.01. The molecule has 21 heavy (non-hydrogen) atoms. The smallest absolute Gasteiger partial charge is 0.331 e. The van der Waals surface area contributed by atoms with Crippen LogP contribution in [0.3, 0.4) is 0 Å². The Hall–Kier alpha value is -2.02. The maximum atomic E-state index is 11.9. The van der Waals surface area contributed by atoms with Gasteiger partial charge < -0.3 is 9.64 Å². The molecule has 1 atom stereocenters. The van der Waals surface area contributed by atoms with E-state index in [0.29, 0.717) is 32.1 Å². The van der Waals surface area contributed by atoms with Gasteiger partial charge in [-0.15, -0.1) is 0 Å². The zero-order valence-corrected chi connectivity index (χ0v) is 12.4. The zero-order chi connectivity index (χ0) is 15.2. The maximum absolute atomic E-state index is 11.9. The van der Waals surface area contributed by atoms with E-state index in [2.05, 4.69) is 9.97 Å². The summed E-state index contributed by atoms with van der Waals surface area (Å²) in [5, 5.41) is 0. The van der Waals surface area contributed by atoms with Crippen molar-refractivity contribution >= 4 is 17.7 Å². The van der Waals surface area contributed by atoms with Crippen LogP contribution in [0.25, 0.3) is 0 Å². The topological polar surface area (TPSA) is 75.6 Å². The minimum absolute atomic E-state index is 0.183. The summed E-state index contributed by atoms with van der Waals surface area (Å²) in [5.41, 5.74) is 0. The molecule has 7 heteroatoms. The van der Waals surface area contributed by atoms with Gasteiger partial charge in [-0.2, -0.15) is 0 Å². The number of aromatic nitrogens is 2. The first-order valence-electron chi connectivity index (χ1n) is 7.06. The predicted octanol–water partition coefficient (Wildman–Crippen LogP) is 0.119. The van der Waals surface area contributed by atoms with Crippen molar-refractivity contribution in [3.05, 3.63) is 18.5 Å². The molecule has 1 aromatic rings. The summed E-state index contributed by atoms with van der Waals surface area (Å²) < 4.78 is 4.99. The molecule has 0 radical (unpaired) electrons. The Morgan fingerprint density at radius 2 is 1.86 bits per heavy atom. The molecule has 2 heterocycles. The minimum Gasteiger partial charge on any atom is -0.464 e. The van der Waals surface area contributed by atoms with Crippen LogP contribution in [-0.2, 0) is 14.3 Å². The number of Topliss-reactive ketones (excluding diaryl/α,β-unsaturated/α-hetero) is 1. The van der Waals surface area contributed by atoms with Crippen LogP contribution in [0.1, 0.15) is 13.8 Å². The van der Waals surface area contributed by atoms with Crippen LogP contribution in [0.4, 0.5) is 5.95 Å². The average Bonchev–Trinajstić information content (AvgIpc) is 2.49. The van der Waals surface area contributed by atoms with Crippen molar-refractivity contribution in [2.75, 3.05) is 37.7 Å². The summed E-state index contributed by atoms with van der Waals surface area (Å²) in [7, 11) is 0. The lowest BCUT2D eigenvalue weighted by Crippen LogP contribution is -2.55. The molecule has 0 spiro atoms. The van der Waals surface area contributed by atoms with Crippen molar-refractivity contribution < 1.29 is 14.3 Å². The van der Waals surface area contributed by atoms with Crippen LogP contribution in [0, 0.1) is 0 Å². The fraction of sp³-hybridized carbons (Fsp3) is 0.571. The molecule has 114 valence electrons. The summed E-state index contributed by atoms with van der Waals surface area (Å²) in [4.78, 5) is 36.0. The second kappa shape index (κ2) is 7.12. The van der Waals surface area contributed by atoms with Gasteiger partial charge in [0, 0.05) is 38.6 Å². The first kappa shape index (κ1) is 15.4. The number of hydrogen-bond acceptors (Lipinski definition) is 7. The lowest BCUT2D eigenvalue weighted by Gasteiger charge is -2.37. The standard InChI is InChI=1S/C14H20N4O3/c1-3-21-13(20)12(11(2)19)17-7-9-18(10-8-17)14-15-5-4-6-16-14/h4-6,12H,3,7-10H2,1-2H3. The third-order valence-electron chi connectivity index (χ3n) is 3.41. The monoisotopic (exact) mass is 292 g/mol. The molecule has 0 saturated carbocycles. The maximum Gasteiger partial charge on any atom is 0.331 e. The van der Waals surface area contributed by atoms with E-state index in [-0.39, 0.29) is 12.4 Å². The van der Waals surface area contributed by atoms with Crippen LogP contribution in [0.5, 0.6) is 0 Å². The van der Waals surface area contributed by atoms with Gasteiger partial charge in [0.2, 0.25) is 5.95 Å². The van der Waals surface area contributed by atoms with Gasteiger partial charge in [0.1, 0.15) is 0 Å². The fourth-order valence-corrected chi connectivity index (χ4v) is 2.43. The van der Waals surface area contributed by atoms with E-state index < -0.39 is 12.0 Å². The second-order valence-corrected chi connectivity index (χ2v) is 4.84. The summed E-state index contributed by atoms with van der Waals surface area (Å²) in [6, 6.07) is 0.968. The Bertz CT molecular complexity index is 486. The van der Waals surface area contributed by atoms with Crippen LogP contribution in [-0.4, -0.2) is 65.4 Å². The number of rotatable bonds is 5. The SMILES string of the molecule is CCOC(=O)C(C(C)=O)N1CCN(c2ncccn2)CC1. The summed E-state index contributed by atoms with van der Waals surface area (Å²) in [6.07, 6.45) is 3.40. The van der Waals surface area contributed by atoms with Crippen LogP contribution in [0.2, 0.25) is 0 Å². The van der Waals surface area contributed by atoms with Gasteiger partial charge in [-0.1, -0.05) is 0 Å². The summed E-state index contributed by atoms with van der Waals surface area (Å²) >= 11 is 0. The van der Waals surface area contributed by atoms with Crippen molar-refractivity contribution in [2.24, 2.45) is 0 Å². The molecular formula is C14H20N4O3. The van der Waals surface area contributed by atoms with Crippen LogP contribution in [0.15, 0.2) is 18.5 Å². The van der Waals surface area contributed by atoms with Gasteiger partial charge in [-0.3, -0.25) is 9.69 Å². The highest BCUT2D eigenvalue weighted by atomic mass is 16.5. The molecule has 0 bridgehead atoms. The van der Waals surface area contributed by atoms with Crippen molar-refractivity contribution in [1.29, 1.82) is 0 Å². The summed E-state index contributed by atoms with van der Waals surface area (Å²) in [6.45, 7) is 5.98. The minimum atomic E-state index is -0.802. The molecule has 1 aromatic heterocycles. The van der Waals surface area contributed by atoms with Gasteiger partial charge in [-0.05, 0) is 19.9 Å². The molecule has 1 fully saturated rings. The van der Waals surface area contributed by atoms with Crippen molar-refractivity contribution in [3.8, 4) is 0 Å². The van der Waals surface area contributed by atoms with E-state index in [9.17, 15) is 9.59 Å². The van der Waals surface area contributed by atoms with E-state index >= 15 is 0 Å². The molecular weight excluding hydrogens is 272 g/mol. The number of carbonyl (C=O) groups is 2. The Labute approximate surface area is 123 Å². The fourth-order valence-electron chi connectivity index (χ4n) is 2.43. The number of ketones is 1. The molecule has 7 nitrogen and oxygen atoms in total. The Morgan fingerprint density at radius 1 is 1.24 bits per heavy atom. The van der Waals surface area contributed by atoms with Crippen molar-refractivity contribution in [3.63, 3.8) is 0 Å². The Morgan fingerprint density at radius 3 is 2.38 bits per heavy atom. The molecule has 1 aliphatic heterocycles. The van der Waals surface area contributed by atoms with Gasteiger partial charge in [-0.25, -0.2) is 14.8 Å². The van der Waals surface area contributed by atoms with E-state index in [1.165, 1.54) is 6.92 Å². The van der Waals surface area contributed by atoms with Crippen molar-refractivity contribution in [1.82, 2.24) is 14.9 Å². The zero-order valence-electron chi connectivity index (χ0n) is 12.4. The lowest BCUT2D eigenvalue weighted by molar-refractivity contribution is -0.153. The number of esters is 1. The quantitative estimate of drug-likeness (QED) is 0.563. The predicted molar refractivity (Wildman–Crippen MR) is 76.9 cm³/mol. The van der Waals surface area contributed by atoms with Crippen LogP contribution >= 0.6 is 0 Å². The number of carbonyl (C=O) groups excluding carboxylic acids is 2.